The molecule has 5 heterocycles. The van der Waals surface area contributed by atoms with Crippen molar-refractivity contribution < 1.29 is 111 Å². The molecule has 0 aromatic heterocycles. The molecule has 65 heavy (non-hydrogen) atoms. The van der Waals surface area contributed by atoms with Crippen molar-refractivity contribution in [3.63, 3.8) is 0 Å². The second-order valence-corrected chi connectivity index (χ2v) is 18.5. The van der Waals surface area contributed by atoms with E-state index >= 15 is 0 Å². The van der Waals surface area contributed by atoms with Crippen molar-refractivity contribution in [3.05, 3.63) is 0 Å². The first-order valence-corrected chi connectivity index (χ1v) is 23.5. The van der Waals surface area contributed by atoms with Crippen molar-refractivity contribution >= 4 is 46.0 Å². The van der Waals surface area contributed by atoms with Crippen molar-refractivity contribution in [2.45, 2.75) is 161 Å². The summed E-state index contributed by atoms with van der Waals surface area (Å²) in [6.07, 6.45) is -25.1. The number of carboxylic acid groups (broad SMARTS) is 1. The number of urea groups is 1. The molecule has 5 aliphatic rings. The third-order valence-electron chi connectivity index (χ3n) is 11.4. The summed E-state index contributed by atoms with van der Waals surface area (Å²) in [5.74, 6) is -1.30. The van der Waals surface area contributed by atoms with Crippen molar-refractivity contribution in [1.82, 2.24) is 21.3 Å². The lowest BCUT2D eigenvalue weighted by atomic mass is 9.96. The summed E-state index contributed by atoms with van der Waals surface area (Å²) in [7, 11) is -5.10. The molecule has 5 aliphatic heterocycles. The Hall–Kier alpha value is -2.66. The molecule has 27 nitrogen and oxygen atoms in total. The Labute approximate surface area is 376 Å². The summed E-state index contributed by atoms with van der Waals surface area (Å²) in [6.45, 7) is -2.06. The molecular formula is C36H60N4O23S2. The second kappa shape index (κ2) is 24.6. The summed E-state index contributed by atoms with van der Waals surface area (Å²) < 4.78 is 68.8. The fraction of sp³-hybridized carbons (Fsp3) is 0.889. The molecule has 4 amide bonds. The smallest absolute Gasteiger partial charge is 0.397 e. The largest absolute Gasteiger partial charge is 0.479 e. The molecule has 18 atom stereocenters. The second-order valence-electron chi connectivity index (χ2n) is 16.1. The number of aliphatic hydroxyl groups excluding tert-OH is 8. The number of aliphatic carboxylic acids is 1. The number of carboxylic acids is 1. The van der Waals surface area contributed by atoms with Gasteiger partial charge >= 0.3 is 22.4 Å². The number of hydrogen-bond donors (Lipinski definition) is 14. The number of carbonyl (C=O) groups excluding carboxylic acids is 3. The van der Waals surface area contributed by atoms with E-state index in [1.807, 2.05) is 11.8 Å². The third-order valence-corrected chi connectivity index (χ3v) is 13.4. The van der Waals surface area contributed by atoms with E-state index in [2.05, 4.69) is 25.5 Å². The number of unbranched alkanes of at least 4 members (excludes halogenated alkanes) is 3. The molecule has 0 bridgehead atoms. The average molecular weight is 981 g/mol. The summed E-state index contributed by atoms with van der Waals surface area (Å²) in [6, 6.07) is 0.160. The lowest BCUT2D eigenvalue weighted by Gasteiger charge is -2.48. The van der Waals surface area contributed by atoms with Gasteiger partial charge in [0.15, 0.2) is 25.0 Å². The van der Waals surface area contributed by atoms with Crippen LogP contribution in [0.1, 0.15) is 51.4 Å². The van der Waals surface area contributed by atoms with Gasteiger partial charge in [-0.25, -0.2) is 13.8 Å². The van der Waals surface area contributed by atoms with Gasteiger partial charge in [-0.3, -0.25) is 14.1 Å². The molecule has 29 heteroatoms. The SMILES string of the molecule is O=C(CCCC[C@@H]1SC[C@@H]2NC(=O)N[C@@H]21)NCCCCCC(=O)NCCO[C@@H]1O[C@H](COS(=O)(=O)O)[C@H](O)[C@H](O[C@@H]2O[C@H](CO)[C@H](O)[C@H](O[C@@H]3O[C@H](C(=O)O)[C@@H](O)[C@H](O)[C@H]3O)[C@H]2O)[C@H]1O. The number of aliphatic hydroxyl groups is 8. The van der Waals surface area contributed by atoms with Crippen LogP contribution in [0.5, 0.6) is 0 Å². The molecule has 0 aromatic rings. The summed E-state index contributed by atoms with van der Waals surface area (Å²) >= 11 is 1.83. The first kappa shape index (κ1) is 53.3. The summed E-state index contributed by atoms with van der Waals surface area (Å²) in [5, 5.41) is 106. The molecule has 0 saturated carbocycles. The number of fused-ring (bicyclic) bond motifs is 1. The predicted octanol–water partition coefficient (Wildman–Crippen LogP) is -6.11. The number of hydrogen-bond acceptors (Lipinski definition) is 22. The fourth-order valence-electron chi connectivity index (χ4n) is 7.92. The van der Waals surface area contributed by atoms with Crippen molar-refractivity contribution in [3.8, 4) is 0 Å². The molecule has 5 fully saturated rings. The Morgan fingerprint density at radius 2 is 1.32 bits per heavy atom. The van der Waals surface area contributed by atoms with Gasteiger partial charge < -0.3 is 95.6 Å². The maximum atomic E-state index is 12.5. The van der Waals surface area contributed by atoms with Crippen LogP contribution in [0.2, 0.25) is 0 Å². The first-order chi connectivity index (χ1) is 30.8. The summed E-state index contributed by atoms with van der Waals surface area (Å²) in [4.78, 5) is 47.8. The third kappa shape index (κ3) is 14.7. The van der Waals surface area contributed by atoms with Crippen LogP contribution in [0.15, 0.2) is 0 Å². The van der Waals surface area contributed by atoms with Crippen LogP contribution < -0.4 is 21.3 Å². The number of nitrogens with one attached hydrogen (secondary N) is 4. The van der Waals surface area contributed by atoms with Gasteiger partial charge in [0.1, 0.15) is 67.1 Å². The molecule has 374 valence electrons. The Balaban J connectivity index is 1.05. The van der Waals surface area contributed by atoms with Gasteiger partial charge in [0.05, 0.1) is 31.9 Å². The standard InChI is InChI=1S/C36H60N4O23S2/c41-12-16-22(44)29(61-34-26(48)24(46)25(47)31(63-34)32(51)52)28(50)35(59-16)62-30-23(45)17(13-58-65(54,55)56)60-33(27(30)49)57-11-10-38-20(43)7-2-1-5-9-37-19(42)8-4-3-6-18-21-15(14-64-18)39-36(53)40-21/h15-18,21-31,33-35,41,44-50H,1-14H2,(H,37,42)(H,38,43)(H,51,52)(H2,39,40,53)(H,54,55,56)/t15-,16+,17+,18-,21-,22-,23-,24-,25-,26+,27+,28+,29-,30-,31-,33+,34+,35-/m0/s1. The van der Waals surface area contributed by atoms with Crippen LogP contribution in [0.3, 0.4) is 0 Å². The maximum absolute atomic E-state index is 12.5. The molecule has 0 spiro atoms. The minimum atomic E-state index is -5.10. The number of ether oxygens (including phenoxy) is 6. The Morgan fingerprint density at radius 3 is 1.97 bits per heavy atom. The molecular weight excluding hydrogens is 921 g/mol. The zero-order valence-corrected chi connectivity index (χ0v) is 36.5. The van der Waals surface area contributed by atoms with Crippen molar-refractivity contribution in [2.75, 3.05) is 38.7 Å². The van der Waals surface area contributed by atoms with Crippen LogP contribution in [-0.4, -0.2) is 231 Å². The van der Waals surface area contributed by atoms with Gasteiger partial charge in [0.25, 0.3) is 0 Å². The van der Waals surface area contributed by atoms with Crippen LogP contribution >= 0.6 is 11.8 Å². The molecule has 0 aliphatic carbocycles. The molecule has 0 radical (unpaired) electrons. The molecule has 5 saturated heterocycles. The highest BCUT2D eigenvalue weighted by molar-refractivity contribution is 8.00. The lowest BCUT2D eigenvalue weighted by molar-refractivity contribution is -0.379. The van der Waals surface area contributed by atoms with Crippen LogP contribution in [0.4, 0.5) is 4.79 Å². The monoisotopic (exact) mass is 980 g/mol. The minimum absolute atomic E-state index is 0.0591. The van der Waals surface area contributed by atoms with E-state index in [9.17, 15) is 73.6 Å². The van der Waals surface area contributed by atoms with E-state index in [1.165, 1.54) is 0 Å². The predicted molar refractivity (Wildman–Crippen MR) is 214 cm³/mol. The average Bonchev–Trinajstić information content (AvgIpc) is 3.81. The number of thioether (sulfide) groups is 1. The van der Waals surface area contributed by atoms with E-state index in [1.54, 1.807) is 0 Å². The van der Waals surface area contributed by atoms with Gasteiger partial charge in [0.2, 0.25) is 11.8 Å². The van der Waals surface area contributed by atoms with E-state index in [-0.39, 0.29) is 49.5 Å². The Kier molecular flexibility index (Phi) is 20.1. The van der Waals surface area contributed by atoms with Crippen molar-refractivity contribution in [1.29, 1.82) is 0 Å². The lowest BCUT2D eigenvalue weighted by Crippen LogP contribution is -2.67. The normalized spacial score (nSPS) is 38.4. The maximum Gasteiger partial charge on any atom is 0.397 e. The van der Waals surface area contributed by atoms with E-state index in [4.69, 9.17) is 33.0 Å². The van der Waals surface area contributed by atoms with Crippen LogP contribution in [-0.2, 0) is 57.4 Å². The zero-order chi connectivity index (χ0) is 47.6. The van der Waals surface area contributed by atoms with Crippen LogP contribution in [0, 0.1) is 0 Å². The number of carbonyl (C=O) groups is 4. The quantitative estimate of drug-likeness (QED) is 0.0243. The minimum Gasteiger partial charge on any atom is -0.479 e. The highest BCUT2D eigenvalue weighted by atomic mass is 32.3. The van der Waals surface area contributed by atoms with Gasteiger partial charge in [-0.2, -0.15) is 20.2 Å². The topological polar surface area (TPSA) is 417 Å². The van der Waals surface area contributed by atoms with Crippen LogP contribution in [0.25, 0.3) is 0 Å². The highest BCUT2D eigenvalue weighted by Gasteiger charge is 2.55. The van der Waals surface area contributed by atoms with Gasteiger partial charge in [0, 0.05) is 36.9 Å². The number of amides is 4. The highest BCUT2D eigenvalue weighted by Crippen LogP contribution is 2.35. The van der Waals surface area contributed by atoms with Gasteiger partial charge in [-0.1, -0.05) is 12.8 Å². The van der Waals surface area contributed by atoms with Crippen molar-refractivity contribution in [2.24, 2.45) is 0 Å². The van der Waals surface area contributed by atoms with E-state index < -0.39 is 122 Å². The zero-order valence-electron chi connectivity index (χ0n) is 34.9. The fourth-order valence-corrected chi connectivity index (χ4v) is 9.77. The Bertz CT molecular complexity index is 1690. The molecule has 14 N–H and O–H groups in total. The van der Waals surface area contributed by atoms with Gasteiger partial charge in [-0.15, -0.1) is 0 Å². The van der Waals surface area contributed by atoms with E-state index in [0.29, 0.717) is 37.5 Å². The Morgan fingerprint density at radius 1 is 0.723 bits per heavy atom. The molecule has 0 unspecified atom stereocenters. The molecule has 5 rings (SSSR count). The van der Waals surface area contributed by atoms with E-state index in [0.717, 1.165) is 25.0 Å². The first-order valence-electron chi connectivity index (χ1n) is 21.1. The summed E-state index contributed by atoms with van der Waals surface area (Å²) in [5.41, 5.74) is 0. The molecule has 0 aromatic carbocycles. The number of rotatable bonds is 24. The van der Waals surface area contributed by atoms with Gasteiger partial charge in [-0.05, 0) is 25.7 Å².